The number of nitrogens with two attached hydrogens (primary N) is 2. The number of guanidine groups is 1. The minimum Gasteiger partial charge on any atom is -0.369 e. The molecular formula is C17H19ClFN5. The van der Waals surface area contributed by atoms with Crippen molar-refractivity contribution in [2.45, 2.75) is 25.7 Å². The van der Waals surface area contributed by atoms with E-state index >= 15 is 0 Å². The summed E-state index contributed by atoms with van der Waals surface area (Å²) < 4.78 is 13.2. The van der Waals surface area contributed by atoms with Crippen molar-refractivity contribution in [3.63, 3.8) is 0 Å². The van der Waals surface area contributed by atoms with Crippen LogP contribution in [-0.4, -0.2) is 16.7 Å². The van der Waals surface area contributed by atoms with Crippen LogP contribution in [0.15, 0.2) is 46.7 Å². The van der Waals surface area contributed by atoms with Gasteiger partial charge in [0.15, 0.2) is 0 Å². The van der Waals surface area contributed by atoms with Crippen molar-refractivity contribution >= 4 is 24.1 Å². The molecule has 1 aromatic heterocycles. The molecule has 4 N–H and O–H groups in total. The van der Waals surface area contributed by atoms with Gasteiger partial charge in [-0.1, -0.05) is 12.1 Å². The minimum atomic E-state index is -0.242. The Morgan fingerprint density at radius 1 is 1.17 bits per heavy atom. The number of halogens is 2. The molecule has 2 aromatic rings. The fourth-order valence-electron chi connectivity index (χ4n) is 2.98. The van der Waals surface area contributed by atoms with Crippen LogP contribution in [0.5, 0.6) is 0 Å². The molecule has 0 radical (unpaired) electrons. The van der Waals surface area contributed by atoms with Crippen LogP contribution in [0.25, 0.3) is 0 Å². The summed E-state index contributed by atoms with van der Waals surface area (Å²) in [4.78, 5) is 4.48. The average Bonchev–Trinajstić information content (AvgIpc) is 2.53. The molecular weight excluding hydrogens is 329 g/mol. The van der Waals surface area contributed by atoms with Gasteiger partial charge in [-0.25, -0.2) is 4.39 Å². The summed E-state index contributed by atoms with van der Waals surface area (Å²) in [5.74, 6) is -0.150. The van der Waals surface area contributed by atoms with Crippen LogP contribution in [0.4, 0.5) is 4.39 Å². The fourth-order valence-corrected chi connectivity index (χ4v) is 2.98. The van der Waals surface area contributed by atoms with Gasteiger partial charge in [-0.3, -0.25) is 4.98 Å². The zero-order chi connectivity index (χ0) is 16.4. The molecule has 5 nitrogen and oxygen atoms in total. The highest BCUT2D eigenvalue weighted by Crippen LogP contribution is 2.33. The van der Waals surface area contributed by atoms with E-state index in [1.807, 2.05) is 13.0 Å². The zero-order valence-electron chi connectivity index (χ0n) is 13.2. The summed E-state index contributed by atoms with van der Waals surface area (Å²) in [6.07, 6.45) is 3.25. The van der Waals surface area contributed by atoms with Crippen LogP contribution >= 0.6 is 12.4 Å². The molecule has 0 spiro atoms. The number of aromatic nitrogens is 1. The minimum absolute atomic E-state index is 0. The smallest absolute Gasteiger partial charge is 0.211 e. The maximum atomic E-state index is 13.2. The van der Waals surface area contributed by atoms with Crippen LogP contribution in [0.1, 0.15) is 34.7 Å². The van der Waals surface area contributed by atoms with Crippen molar-refractivity contribution in [3.8, 4) is 0 Å². The summed E-state index contributed by atoms with van der Waals surface area (Å²) in [6, 6.07) is 8.50. The van der Waals surface area contributed by atoms with Crippen molar-refractivity contribution in [1.29, 1.82) is 0 Å². The number of nitrogens with zero attached hydrogens (tertiary/aromatic N) is 3. The monoisotopic (exact) mass is 347 g/mol. The highest BCUT2D eigenvalue weighted by Gasteiger charge is 2.27. The van der Waals surface area contributed by atoms with Crippen molar-refractivity contribution in [2.24, 2.45) is 21.7 Å². The van der Waals surface area contributed by atoms with E-state index in [0.717, 1.165) is 34.5 Å². The first-order chi connectivity index (χ1) is 11.0. The molecule has 1 heterocycles. The molecule has 24 heavy (non-hydrogen) atoms. The first-order valence-corrected chi connectivity index (χ1v) is 7.40. The molecule has 0 bridgehead atoms. The normalized spacial score (nSPS) is 17.8. The number of rotatable bonds is 2. The predicted molar refractivity (Wildman–Crippen MR) is 96.0 cm³/mol. The summed E-state index contributed by atoms with van der Waals surface area (Å²) in [5.41, 5.74) is 15.7. The van der Waals surface area contributed by atoms with Crippen molar-refractivity contribution in [3.05, 3.63) is 64.7 Å². The fraction of sp³-hybridized carbons (Fsp3) is 0.235. The van der Waals surface area contributed by atoms with E-state index in [9.17, 15) is 4.39 Å². The highest BCUT2D eigenvalue weighted by molar-refractivity contribution is 6.04. The lowest BCUT2D eigenvalue weighted by Gasteiger charge is -2.26. The molecule has 3 rings (SSSR count). The van der Waals surface area contributed by atoms with E-state index in [4.69, 9.17) is 11.5 Å². The third kappa shape index (κ3) is 3.71. The number of aryl methyl sites for hydroxylation is 1. The molecule has 1 aliphatic carbocycles. The largest absolute Gasteiger partial charge is 0.369 e. The van der Waals surface area contributed by atoms with E-state index < -0.39 is 0 Å². The molecule has 7 heteroatoms. The molecule has 0 saturated carbocycles. The molecule has 1 atom stereocenters. The second kappa shape index (κ2) is 7.40. The number of pyridine rings is 1. The second-order valence-corrected chi connectivity index (χ2v) is 5.68. The Kier molecular flexibility index (Phi) is 5.51. The van der Waals surface area contributed by atoms with Crippen molar-refractivity contribution in [2.75, 3.05) is 0 Å². The molecule has 1 aromatic carbocycles. The van der Waals surface area contributed by atoms with Gasteiger partial charge in [0.05, 0.1) is 11.4 Å². The van der Waals surface area contributed by atoms with E-state index in [1.165, 1.54) is 12.1 Å². The van der Waals surface area contributed by atoms with E-state index in [2.05, 4.69) is 15.2 Å². The molecule has 126 valence electrons. The van der Waals surface area contributed by atoms with Gasteiger partial charge in [0.2, 0.25) is 5.96 Å². The van der Waals surface area contributed by atoms with Gasteiger partial charge in [-0.15, -0.1) is 17.5 Å². The highest BCUT2D eigenvalue weighted by atomic mass is 35.5. The number of fused-ring (bicyclic) bond motifs is 1. The lowest BCUT2D eigenvalue weighted by molar-refractivity contribution is 0.622. The standard InChI is InChI=1S/C17H18FN5.ClH/c1-10-6-7-21-14-8-12(11-2-4-13(18)5-3-11)9-15(16(10)14)22-23-17(19)20;/h2-7,12H,8-9H2,1H3,(H4,19,20,23);1H/b22-15-;. The summed E-state index contributed by atoms with van der Waals surface area (Å²) >= 11 is 0. The van der Waals surface area contributed by atoms with E-state index in [-0.39, 0.29) is 30.1 Å². The van der Waals surface area contributed by atoms with Gasteiger partial charge in [-0.2, -0.15) is 5.10 Å². The first kappa shape index (κ1) is 17.9. The third-order valence-electron chi connectivity index (χ3n) is 4.03. The first-order valence-electron chi connectivity index (χ1n) is 7.40. The van der Waals surface area contributed by atoms with Gasteiger partial charge in [0, 0.05) is 11.8 Å². The molecule has 1 unspecified atom stereocenters. The summed E-state index contributed by atoms with van der Waals surface area (Å²) in [6.45, 7) is 2.02. The van der Waals surface area contributed by atoms with Gasteiger partial charge in [-0.05, 0) is 55.0 Å². The van der Waals surface area contributed by atoms with Crippen LogP contribution in [0, 0.1) is 12.7 Å². The topological polar surface area (TPSA) is 89.6 Å². The predicted octanol–water partition coefficient (Wildman–Crippen LogP) is 2.66. The Morgan fingerprint density at radius 2 is 1.88 bits per heavy atom. The second-order valence-electron chi connectivity index (χ2n) is 5.68. The maximum Gasteiger partial charge on any atom is 0.211 e. The van der Waals surface area contributed by atoms with Crippen LogP contribution < -0.4 is 11.5 Å². The zero-order valence-corrected chi connectivity index (χ0v) is 14.1. The third-order valence-corrected chi connectivity index (χ3v) is 4.03. The Bertz CT molecular complexity index is 782. The molecule has 1 aliphatic rings. The van der Waals surface area contributed by atoms with Crippen molar-refractivity contribution in [1.82, 2.24) is 4.98 Å². The summed E-state index contributed by atoms with van der Waals surface area (Å²) in [5, 5.41) is 8.02. The van der Waals surface area contributed by atoms with Crippen LogP contribution in [0.2, 0.25) is 0 Å². The van der Waals surface area contributed by atoms with Gasteiger partial charge < -0.3 is 11.5 Å². The maximum absolute atomic E-state index is 13.2. The molecule has 0 amide bonds. The summed E-state index contributed by atoms with van der Waals surface area (Å²) in [7, 11) is 0. The van der Waals surface area contributed by atoms with Crippen LogP contribution in [0.3, 0.4) is 0 Å². The SMILES string of the molecule is Cc1ccnc2c1/C(=N\N=C(N)N)CC(c1ccc(F)cc1)C2.Cl. The quantitative estimate of drug-likeness (QED) is 0.497. The number of benzene rings is 1. The number of hydrogen-bond acceptors (Lipinski definition) is 3. The van der Waals surface area contributed by atoms with Gasteiger partial charge in [0.25, 0.3) is 0 Å². The molecule has 0 saturated heterocycles. The Balaban J connectivity index is 0.00000208. The lowest BCUT2D eigenvalue weighted by atomic mass is 9.80. The average molecular weight is 348 g/mol. The van der Waals surface area contributed by atoms with Gasteiger partial charge in [0.1, 0.15) is 5.82 Å². The molecule has 0 aliphatic heterocycles. The Labute approximate surface area is 146 Å². The number of hydrogen-bond donors (Lipinski definition) is 2. The lowest BCUT2D eigenvalue weighted by Crippen LogP contribution is -2.24. The Hall–Kier alpha value is -2.47. The molecule has 0 fully saturated rings. The van der Waals surface area contributed by atoms with Gasteiger partial charge >= 0.3 is 0 Å². The van der Waals surface area contributed by atoms with E-state index in [1.54, 1.807) is 18.3 Å². The van der Waals surface area contributed by atoms with E-state index in [0.29, 0.717) is 6.42 Å². The van der Waals surface area contributed by atoms with Crippen LogP contribution in [-0.2, 0) is 6.42 Å². The Morgan fingerprint density at radius 3 is 2.54 bits per heavy atom. The van der Waals surface area contributed by atoms with Crippen molar-refractivity contribution < 1.29 is 4.39 Å².